The van der Waals surface area contributed by atoms with E-state index in [0.29, 0.717) is 11.8 Å². The quantitative estimate of drug-likeness (QED) is 0.695. The Kier molecular flexibility index (Phi) is 5.13. The average molecular weight is 329 g/mol. The van der Waals surface area contributed by atoms with Gasteiger partial charge in [-0.25, -0.2) is 13.1 Å². The number of nitrogens with one attached hydrogen (secondary N) is 1. The number of sulfonamides is 1. The Morgan fingerprint density at radius 1 is 1.38 bits per heavy atom. The number of benzene rings is 1. The number of nitrogen functional groups attached to an aromatic ring is 1. The molecule has 1 amide bonds. The van der Waals surface area contributed by atoms with Crippen LogP contribution >= 0.6 is 11.8 Å². The van der Waals surface area contributed by atoms with Crippen molar-refractivity contribution in [3.8, 4) is 0 Å². The fourth-order valence-electron chi connectivity index (χ4n) is 2.20. The lowest BCUT2D eigenvalue weighted by molar-refractivity contribution is 0.1000. The number of hydrogen-bond donors (Lipinski definition) is 3. The highest BCUT2D eigenvalue weighted by Gasteiger charge is 2.21. The topological polar surface area (TPSA) is 115 Å². The van der Waals surface area contributed by atoms with Crippen LogP contribution in [0.3, 0.4) is 0 Å². The molecule has 0 saturated carbocycles. The van der Waals surface area contributed by atoms with Crippen molar-refractivity contribution in [2.24, 2.45) is 5.73 Å². The minimum absolute atomic E-state index is 0.0201. The molecule has 1 unspecified atom stereocenters. The van der Waals surface area contributed by atoms with E-state index in [1.54, 1.807) is 11.8 Å². The molecule has 0 radical (unpaired) electrons. The lowest BCUT2D eigenvalue weighted by Crippen LogP contribution is -2.32. The van der Waals surface area contributed by atoms with E-state index in [0.717, 1.165) is 18.6 Å². The molecule has 0 bridgehead atoms. The summed E-state index contributed by atoms with van der Waals surface area (Å²) in [5.74, 6) is 0.430. The summed E-state index contributed by atoms with van der Waals surface area (Å²) in [6.45, 7) is 0.393. The predicted molar refractivity (Wildman–Crippen MR) is 84.7 cm³/mol. The van der Waals surface area contributed by atoms with E-state index in [4.69, 9.17) is 11.5 Å². The molecule has 5 N–H and O–H groups in total. The van der Waals surface area contributed by atoms with E-state index in [1.807, 2.05) is 0 Å². The molecule has 1 aliphatic rings. The van der Waals surface area contributed by atoms with E-state index < -0.39 is 15.9 Å². The molecule has 0 aromatic heterocycles. The second kappa shape index (κ2) is 6.67. The van der Waals surface area contributed by atoms with Gasteiger partial charge in [-0.3, -0.25) is 4.79 Å². The van der Waals surface area contributed by atoms with Gasteiger partial charge in [-0.1, -0.05) is 6.42 Å². The number of anilines is 1. The van der Waals surface area contributed by atoms with Crippen LogP contribution in [0.15, 0.2) is 23.1 Å². The molecule has 1 aliphatic heterocycles. The highest BCUT2D eigenvalue weighted by Crippen LogP contribution is 2.25. The van der Waals surface area contributed by atoms with Crippen LogP contribution in [-0.2, 0) is 10.0 Å². The van der Waals surface area contributed by atoms with E-state index in [2.05, 4.69) is 4.72 Å². The van der Waals surface area contributed by atoms with Gasteiger partial charge in [0, 0.05) is 17.4 Å². The summed E-state index contributed by atoms with van der Waals surface area (Å²) in [5, 5.41) is 0.305. The van der Waals surface area contributed by atoms with Gasteiger partial charge < -0.3 is 11.5 Å². The number of carbonyl (C=O) groups is 1. The molecule has 1 atom stereocenters. The van der Waals surface area contributed by atoms with Gasteiger partial charge in [-0.05, 0) is 36.8 Å². The van der Waals surface area contributed by atoms with Crippen LogP contribution in [0.5, 0.6) is 0 Å². The van der Waals surface area contributed by atoms with Crippen molar-refractivity contribution in [3.05, 3.63) is 23.8 Å². The average Bonchev–Trinajstić information content (AvgIpc) is 2.46. The molecule has 1 saturated heterocycles. The molecule has 1 heterocycles. The van der Waals surface area contributed by atoms with Crippen molar-refractivity contribution >= 4 is 33.4 Å². The summed E-state index contributed by atoms with van der Waals surface area (Å²) in [5.41, 5.74) is 11.1. The summed E-state index contributed by atoms with van der Waals surface area (Å²) in [7, 11) is -3.67. The zero-order chi connectivity index (χ0) is 15.5. The second-order valence-corrected chi connectivity index (χ2v) is 8.10. The van der Waals surface area contributed by atoms with Crippen LogP contribution in [-0.4, -0.2) is 31.9 Å². The van der Waals surface area contributed by atoms with Crippen LogP contribution in [0, 0.1) is 0 Å². The zero-order valence-corrected chi connectivity index (χ0v) is 13.2. The molecule has 0 aliphatic carbocycles. The van der Waals surface area contributed by atoms with Crippen LogP contribution in [0.25, 0.3) is 0 Å². The fourth-order valence-corrected chi connectivity index (χ4v) is 4.73. The smallest absolute Gasteiger partial charge is 0.248 e. The zero-order valence-electron chi connectivity index (χ0n) is 11.5. The van der Waals surface area contributed by atoms with Crippen molar-refractivity contribution in [1.29, 1.82) is 0 Å². The van der Waals surface area contributed by atoms with E-state index in [9.17, 15) is 13.2 Å². The largest absolute Gasteiger partial charge is 0.398 e. The maximum atomic E-state index is 12.3. The first-order valence-corrected chi connectivity index (χ1v) is 9.24. The monoisotopic (exact) mass is 329 g/mol. The number of nitrogens with two attached hydrogens (primary N) is 2. The molecular weight excluding hydrogens is 310 g/mol. The van der Waals surface area contributed by atoms with Crippen molar-refractivity contribution in [2.45, 2.75) is 29.4 Å². The van der Waals surface area contributed by atoms with Crippen LogP contribution < -0.4 is 16.2 Å². The third kappa shape index (κ3) is 4.12. The van der Waals surface area contributed by atoms with E-state index in [-0.39, 0.29) is 16.1 Å². The van der Waals surface area contributed by atoms with Gasteiger partial charge in [-0.2, -0.15) is 11.8 Å². The molecule has 21 heavy (non-hydrogen) atoms. The molecular formula is C13H19N3O3S2. The summed E-state index contributed by atoms with van der Waals surface area (Å²) in [6.07, 6.45) is 3.34. The lowest BCUT2D eigenvalue weighted by Gasteiger charge is -2.21. The van der Waals surface area contributed by atoms with Crippen LogP contribution in [0.2, 0.25) is 0 Å². The summed E-state index contributed by atoms with van der Waals surface area (Å²) < 4.78 is 27.1. The van der Waals surface area contributed by atoms with Gasteiger partial charge in [-0.15, -0.1) is 0 Å². The maximum Gasteiger partial charge on any atom is 0.248 e. The Labute approximate surface area is 128 Å². The Morgan fingerprint density at radius 3 is 2.71 bits per heavy atom. The Morgan fingerprint density at radius 2 is 2.14 bits per heavy atom. The number of thioether (sulfide) groups is 1. The molecule has 8 heteroatoms. The Balaban J connectivity index is 2.10. The van der Waals surface area contributed by atoms with Crippen molar-refractivity contribution in [1.82, 2.24) is 4.72 Å². The number of hydrogen-bond acceptors (Lipinski definition) is 5. The van der Waals surface area contributed by atoms with Crippen molar-refractivity contribution < 1.29 is 13.2 Å². The molecule has 1 aromatic carbocycles. The van der Waals surface area contributed by atoms with Crippen LogP contribution in [0.1, 0.15) is 29.6 Å². The van der Waals surface area contributed by atoms with Gasteiger partial charge in [0.05, 0.1) is 5.69 Å². The Bertz CT molecular complexity index is 626. The summed E-state index contributed by atoms with van der Waals surface area (Å²) >= 11 is 1.79. The van der Waals surface area contributed by atoms with Gasteiger partial charge >= 0.3 is 0 Å². The number of amides is 1. The predicted octanol–water partition coefficient (Wildman–Crippen LogP) is 0.932. The molecule has 116 valence electrons. The third-order valence-electron chi connectivity index (χ3n) is 3.36. The first-order valence-electron chi connectivity index (χ1n) is 6.71. The van der Waals surface area contributed by atoms with Gasteiger partial charge in [0.2, 0.25) is 15.9 Å². The highest BCUT2D eigenvalue weighted by molar-refractivity contribution is 8.00. The summed E-state index contributed by atoms with van der Waals surface area (Å²) in [4.78, 5) is 11.0. The summed E-state index contributed by atoms with van der Waals surface area (Å²) in [6, 6.07) is 3.96. The number of rotatable bonds is 5. The van der Waals surface area contributed by atoms with E-state index >= 15 is 0 Å². The minimum Gasteiger partial charge on any atom is -0.398 e. The maximum absolute atomic E-state index is 12.3. The van der Waals surface area contributed by atoms with Gasteiger partial charge in [0.15, 0.2) is 0 Å². The van der Waals surface area contributed by atoms with E-state index in [1.165, 1.54) is 24.6 Å². The molecule has 1 aromatic rings. The van der Waals surface area contributed by atoms with Crippen LogP contribution in [0.4, 0.5) is 5.69 Å². The third-order valence-corrected chi connectivity index (χ3v) is 6.25. The standard InChI is InChI=1S/C13H19N3O3S2/c14-11-7-9(13(15)17)4-5-12(11)21(18,19)16-8-10-3-1-2-6-20-10/h4-5,7,10,16H,1-3,6,8,14H2,(H2,15,17). The SMILES string of the molecule is NC(=O)c1ccc(S(=O)(=O)NCC2CCCCS2)c(N)c1. The normalized spacial score (nSPS) is 19.3. The molecule has 1 fully saturated rings. The van der Waals surface area contributed by atoms with Crippen molar-refractivity contribution in [2.75, 3.05) is 18.0 Å². The number of carbonyl (C=O) groups excluding carboxylic acids is 1. The highest BCUT2D eigenvalue weighted by atomic mass is 32.2. The minimum atomic E-state index is -3.67. The first kappa shape index (κ1) is 16.1. The first-order chi connectivity index (χ1) is 9.90. The second-order valence-electron chi connectivity index (χ2n) is 4.96. The van der Waals surface area contributed by atoms with Crippen molar-refractivity contribution in [3.63, 3.8) is 0 Å². The molecule has 6 nitrogen and oxygen atoms in total. The fraction of sp³-hybridized carbons (Fsp3) is 0.462. The van der Waals surface area contributed by atoms with Gasteiger partial charge in [0.1, 0.15) is 4.90 Å². The Hall–Kier alpha value is -1.25. The number of primary amides is 1. The lowest BCUT2D eigenvalue weighted by atomic mass is 10.2. The molecule has 2 rings (SSSR count). The van der Waals surface area contributed by atoms with Gasteiger partial charge in [0.25, 0.3) is 0 Å². The molecule has 0 spiro atoms.